The van der Waals surface area contributed by atoms with Crippen LogP contribution in [0.2, 0.25) is 0 Å². The van der Waals surface area contributed by atoms with Crippen LogP contribution in [0.3, 0.4) is 0 Å². The fourth-order valence-corrected chi connectivity index (χ4v) is 3.24. The number of carbonyl (C=O) groups excluding carboxylic acids is 2. The van der Waals surface area contributed by atoms with Crippen LogP contribution in [-0.2, 0) is 11.4 Å². The molecule has 0 atom stereocenters. The fourth-order valence-electron chi connectivity index (χ4n) is 3.24. The van der Waals surface area contributed by atoms with Crippen molar-refractivity contribution in [1.29, 1.82) is 0 Å². The Bertz CT molecular complexity index is 1170. The number of aryl methyl sites for hydroxylation is 1. The molecule has 0 saturated carbocycles. The van der Waals surface area contributed by atoms with Crippen LogP contribution in [0.4, 0.5) is 19.3 Å². The number of hydrogen-bond donors (Lipinski definition) is 2. The van der Waals surface area contributed by atoms with Crippen molar-refractivity contribution in [3.05, 3.63) is 101 Å². The minimum Gasteiger partial charge on any atom is -0.391 e. The lowest BCUT2D eigenvalue weighted by molar-refractivity contribution is 0.0959. The second-order valence-corrected chi connectivity index (χ2v) is 7.98. The average Bonchev–Trinajstić information content (AvgIpc) is 2.83. The predicted octanol–water partition coefficient (Wildman–Crippen LogP) is 6.35. The maximum absolute atomic E-state index is 13.7. The molecule has 0 unspecified atom stereocenters. The summed E-state index contributed by atoms with van der Waals surface area (Å²) in [7, 11) is 0. The first-order valence-electron chi connectivity index (χ1n) is 11.3. The van der Waals surface area contributed by atoms with Crippen LogP contribution >= 0.6 is 0 Å². The Morgan fingerprint density at radius 1 is 0.943 bits per heavy atom. The van der Waals surface area contributed by atoms with Crippen molar-refractivity contribution in [3.8, 4) is 0 Å². The summed E-state index contributed by atoms with van der Waals surface area (Å²) in [6.07, 6.45) is 2.87. The van der Waals surface area contributed by atoms with Gasteiger partial charge < -0.3 is 10.2 Å². The molecule has 0 fully saturated rings. The first-order valence-corrected chi connectivity index (χ1v) is 11.3. The number of carbonyl (C=O) groups is 2. The normalized spacial score (nSPS) is 11.1. The Labute approximate surface area is 203 Å². The Kier molecular flexibility index (Phi) is 9.06. The Morgan fingerprint density at radius 2 is 1.60 bits per heavy atom. The number of unbranched alkanes of at least 4 members (excludes halogenated alkanes) is 1. The van der Waals surface area contributed by atoms with E-state index in [9.17, 15) is 18.4 Å². The number of hydrogen-bond acceptors (Lipinski definition) is 4. The number of amides is 3. The lowest BCUT2D eigenvalue weighted by Crippen LogP contribution is -2.35. The molecule has 3 rings (SSSR count). The Hall–Kier alpha value is -4.07. The van der Waals surface area contributed by atoms with Crippen molar-refractivity contribution >= 4 is 23.3 Å². The second kappa shape index (κ2) is 12.4. The highest BCUT2D eigenvalue weighted by Gasteiger charge is 2.19. The monoisotopic (exact) mass is 479 g/mol. The summed E-state index contributed by atoms with van der Waals surface area (Å²) < 4.78 is 27.4. The van der Waals surface area contributed by atoms with Crippen molar-refractivity contribution in [2.75, 3.05) is 5.32 Å². The molecule has 182 valence electrons. The van der Waals surface area contributed by atoms with Gasteiger partial charge in [-0.2, -0.15) is 0 Å². The molecule has 2 N–H and O–H groups in total. The first kappa shape index (κ1) is 25.6. The van der Waals surface area contributed by atoms with E-state index in [1.807, 2.05) is 36.5 Å². The van der Waals surface area contributed by atoms with E-state index in [0.29, 0.717) is 5.69 Å². The largest absolute Gasteiger partial charge is 0.391 e. The third kappa shape index (κ3) is 7.46. The molecule has 3 aromatic carbocycles. The number of benzene rings is 3. The van der Waals surface area contributed by atoms with Gasteiger partial charge in [-0.05, 0) is 55.2 Å². The smallest absolute Gasteiger partial charge is 0.326 e. The molecule has 6 nitrogen and oxygen atoms in total. The van der Waals surface area contributed by atoms with Crippen molar-refractivity contribution in [3.63, 3.8) is 0 Å². The van der Waals surface area contributed by atoms with Gasteiger partial charge in [-0.1, -0.05) is 66.5 Å². The van der Waals surface area contributed by atoms with Crippen LogP contribution in [0.5, 0.6) is 0 Å². The zero-order valence-electron chi connectivity index (χ0n) is 19.6. The standard InChI is InChI=1S/C27H27F2N3O3/c1-3-4-8-24(20-13-9-18(2)10-14-20)32-35-17-19-11-15-21(16-12-19)30-27(34)31-26(33)25-22(28)6-5-7-23(25)29/h5-7,9-16H,3-4,8,17H2,1-2H3,(H2,30,31,33,34)/b32-24+. The summed E-state index contributed by atoms with van der Waals surface area (Å²) in [5.74, 6) is -3.28. The van der Waals surface area contributed by atoms with Gasteiger partial charge in [-0.3, -0.25) is 10.1 Å². The molecule has 0 heterocycles. The van der Waals surface area contributed by atoms with Gasteiger partial charge in [0.1, 0.15) is 23.8 Å². The number of oxime groups is 1. The Morgan fingerprint density at radius 3 is 2.23 bits per heavy atom. The minimum atomic E-state index is -1.17. The van der Waals surface area contributed by atoms with E-state index in [1.165, 1.54) is 5.56 Å². The Balaban J connectivity index is 1.55. The molecule has 0 aliphatic heterocycles. The van der Waals surface area contributed by atoms with Gasteiger partial charge in [-0.15, -0.1) is 0 Å². The van der Waals surface area contributed by atoms with E-state index in [4.69, 9.17) is 4.84 Å². The van der Waals surface area contributed by atoms with Crippen LogP contribution in [0.15, 0.2) is 71.9 Å². The maximum atomic E-state index is 13.7. The highest BCUT2D eigenvalue weighted by molar-refractivity contribution is 6.08. The average molecular weight is 480 g/mol. The molecule has 8 heteroatoms. The van der Waals surface area contributed by atoms with E-state index in [2.05, 4.69) is 17.4 Å². The molecule has 0 spiro atoms. The lowest BCUT2D eigenvalue weighted by atomic mass is 10.0. The van der Waals surface area contributed by atoms with Crippen molar-refractivity contribution < 1.29 is 23.2 Å². The fraction of sp³-hybridized carbons (Fsp3) is 0.222. The molecule has 0 bridgehead atoms. The van der Waals surface area contributed by atoms with Gasteiger partial charge in [0.25, 0.3) is 5.91 Å². The number of nitrogens with zero attached hydrogens (tertiary/aromatic N) is 1. The van der Waals surface area contributed by atoms with Gasteiger partial charge in [0.2, 0.25) is 0 Å². The number of nitrogens with one attached hydrogen (secondary N) is 2. The molecular formula is C27H27F2N3O3. The van der Waals surface area contributed by atoms with Gasteiger partial charge in [0.15, 0.2) is 0 Å². The second-order valence-electron chi connectivity index (χ2n) is 7.98. The van der Waals surface area contributed by atoms with Crippen molar-refractivity contribution in [1.82, 2.24) is 5.32 Å². The summed E-state index contributed by atoms with van der Waals surface area (Å²) >= 11 is 0. The summed E-state index contributed by atoms with van der Waals surface area (Å²) in [5, 5.41) is 8.70. The van der Waals surface area contributed by atoms with Gasteiger partial charge in [0.05, 0.1) is 5.71 Å². The molecule has 3 aromatic rings. The van der Waals surface area contributed by atoms with Gasteiger partial charge in [0, 0.05) is 5.69 Å². The van der Waals surface area contributed by atoms with Crippen LogP contribution in [-0.4, -0.2) is 17.6 Å². The quantitative estimate of drug-likeness (QED) is 0.277. The number of urea groups is 1. The molecule has 0 aliphatic carbocycles. The number of imide groups is 1. The molecule has 0 aromatic heterocycles. The van der Waals surface area contributed by atoms with E-state index in [-0.39, 0.29) is 6.61 Å². The topological polar surface area (TPSA) is 79.8 Å². The third-order valence-electron chi connectivity index (χ3n) is 5.19. The minimum absolute atomic E-state index is 0.235. The SMILES string of the molecule is CCCC/C(=N\OCc1ccc(NC(=O)NC(=O)c2c(F)cccc2F)cc1)c1ccc(C)cc1. The summed E-state index contributed by atoms with van der Waals surface area (Å²) in [5.41, 5.74) is 3.48. The van der Waals surface area contributed by atoms with Crippen LogP contribution in [0, 0.1) is 18.6 Å². The predicted molar refractivity (Wildman–Crippen MR) is 131 cm³/mol. The highest BCUT2D eigenvalue weighted by Crippen LogP contribution is 2.14. The lowest BCUT2D eigenvalue weighted by Gasteiger charge is -2.09. The van der Waals surface area contributed by atoms with Crippen LogP contribution in [0.25, 0.3) is 0 Å². The number of anilines is 1. The molecule has 0 radical (unpaired) electrons. The zero-order valence-corrected chi connectivity index (χ0v) is 19.6. The molecule has 3 amide bonds. The first-order chi connectivity index (χ1) is 16.9. The van der Waals surface area contributed by atoms with E-state index >= 15 is 0 Å². The summed E-state index contributed by atoms with van der Waals surface area (Å²) in [6, 6.07) is 17.0. The molecular weight excluding hydrogens is 452 g/mol. The maximum Gasteiger partial charge on any atom is 0.326 e. The van der Waals surface area contributed by atoms with E-state index < -0.39 is 29.1 Å². The highest BCUT2D eigenvalue weighted by atomic mass is 19.1. The van der Waals surface area contributed by atoms with Crippen molar-refractivity contribution in [2.45, 2.75) is 39.7 Å². The van der Waals surface area contributed by atoms with Crippen LogP contribution in [0.1, 0.15) is 53.2 Å². The van der Waals surface area contributed by atoms with Gasteiger partial charge >= 0.3 is 6.03 Å². The number of rotatable bonds is 9. The van der Waals surface area contributed by atoms with Crippen molar-refractivity contribution in [2.24, 2.45) is 5.16 Å². The van der Waals surface area contributed by atoms with Crippen LogP contribution < -0.4 is 10.6 Å². The summed E-state index contributed by atoms with van der Waals surface area (Å²) in [4.78, 5) is 29.7. The molecule has 35 heavy (non-hydrogen) atoms. The molecule has 0 saturated heterocycles. The van der Waals surface area contributed by atoms with E-state index in [0.717, 1.165) is 54.3 Å². The zero-order chi connectivity index (χ0) is 25.2. The number of halogens is 2. The molecule has 0 aliphatic rings. The van der Waals surface area contributed by atoms with Gasteiger partial charge in [-0.25, -0.2) is 13.6 Å². The van der Waals surface area contributed by atoms with E-state index in [1.54, 1.807) is 24.3 Å². The summed E-state index contributed by atoms with van der Waals surface area (Å²) in [6.45, 7) is 4.39. The third-order valence-corrected chi connectivity index (χ3v) is 5.19.